The molecule has 7 heteroatoms. The fraction of sp³-hybridized carbons (Fsp3) is 0.231. The molecule has 4 nitrogen and oxygen atoms in total. The smallest absolute Gasteiger partial charge is 0.350 e. The van der Waals surface area contributed by atoms with Crippen molar-refractivity contribution in [3.63, 3.8) is 0 Å². The molecule has 0 spiro atoms. The molecule has 2 rings (SSSR count). The van der Waals surface area contributed by atoms with E-state index in [1.54, 1.807) is 6.92 Å². The van der Waals surface area contributed by atoms with Crippen LogP contribution in [0, 0.1) is 18.6 Å². The van der Waals surface area contributed by atoms with E-state index in [9.17, 15) is 13.6 Å². The molecule has 0 aliphatic heterocycles. The SMILES string of the molecule is COC(=O)c1sc(NCc2ccc(F)cc2F)nc1C. The molecular weight excluding hydrogens is 286 g/mol. The zero-order valence-electron chi connectivity index (χ0n) is 10.9. The monoisotopic (exact) mass is 298 g/mol. The van der Waals surface area contributed by atoms with Crippen LogP contribution in [0.25, 0.3) is 0 Å². The number of thiazole rings is 1. The van der Waals surface area contributed by atoms with E-state index in [1.165, 1.54) is 19.2 Å². The Bertz CT molecular complexity index is 643. The van der Waals surface area contributed by atoms with E-state index >= 15 is 0 Å². The van der Waals surface area contributed by atoms with Gasteiger partial charge in [-0.3, -0.25) is 0 Å². The van der Waals surface area contributed by atoms with Gasteiger partial charge in [-0.05, 0) is 13.0 Å². The summed E-state index contributed by atoms with van der Waals surface area (Å²) >= 11 is 1.13. The van der Waals surface area contributed by atoms with Gasteiger partial charge in [0.1, 0.15) is 16.5 Å². The number of hydrogen-bond acceptors (Lipinski definition) is 5. The number of nitrogens with one attached hydrogen (secondary N) is 1. The third-order valence-corrected chi connectivity index (χ3v) is 3.71. The standard InChI is InChI=1S/C13H12F2N2O2S/c1-7-11(12(18)19-2)20-13(17-7)16-6-8-3-4-9(14)5-10(8)15/h3-5H,6H2,1-2H3,(H,16,17). The van der Waals surface area contributed by atoms with Gasteiger partial charge in [0.15, 0.2) is 5.13 Å². The maximum Gasteiger partial charge on any atom is 0.350 e. The third kappa shape index (κ3) is 3.11. The first kappa shape index (κ1) is 14.4. The van der Waals surface area contributed by atoms with Crippen LogP contribution in [-0.4, -0.2) is 18.1 Å². The summed E-state index contributed by atoms with van der Waals surface area (Å²) in [6, 6.07) is 3.37. The van der Waals surface area contributed by atoms with Gasteiger partial charge in [0.25, 0.3) is 0 Å². The number of rotatable bonds is 4. The van der Waals surface area contributed by atoms with E-state index in [4.69, 9.17) is 0 Å². The van der Waals surface area contributed by atoms with Crippen LogP contribution < -0.4 is 5.32 Å². The topological polar surface area (TPSA) is 51.2 Å². The molecular formula is C13H12F2N2O2S. The van der Waals surface area contributed by atoms with E-state index in [1.807, 2.05) is 0 Å². The summed E-state index contributed by atoms with van der Waals surface area (Å²) < 4.78 is 30.8. The number of hydrogen-bond donors (Lipinski definition) is 1. The Labute approximate surface area is 118 Å². The highest BCUT2D eigenvalue weighted by Crippen LogP contribution is 2.24. The molecule has 0 saturated heterocycles. The van der Waals surface area contributed by atoms with Crippen molar-refractivity contribution in [2.75, 3.05) is 12.4 Å². The van der Waals surface area contributed by atoms with Crippen molar-refractivity contribution in [3.05, 3.63) is 46.0 Å². The highest BCUT2D eigenvalue weighted by atomic mass is 32.1. The summed E-state index contributed by atoms with van der Waals surface area (Å²) in [5.41, 5.74) is 0.864. The maximum atomic E-state index is 13.4. The molecule has 0 atom stereocenters. The van der Waals surface area contributed by atoms with Crippen LogP contribution in [0.1, 0.15) is 20.9 Å². The van der Waals surface area contributed by atoms with E-state index in [0.29, 0.717) is 21.3 Å². The largest absolute Gasteiger partial charge is 0.465 e. The lowest BCUT2D eigenvalue weighted by atomic mass is 10.2. The number of methoxy groups -OCH3 is 1. The number of nitrogens with zero attached hydrogens (tertiary/aromatic N) is 1. The molecule has 0 bridgehead atoms. The predicted molar refractivity (Wildman–Crippen MR) is 71.9 cm³/mol. The van der Waals surface area contributed by atoms with Gasteiger partial charge in [-0.25, -0.2) is 18.6 Å². The van der Waals surface area contributed by atoms with Gasteiger partial charge < -0.3 is 10.1 Å². The Hall–Kier alpha value is -2.02. The van der Waals surface area contributed by atoms with E-state index in [0.717, 1.165) is 17.4 Å². The van der Waals surface area contributed by atoms with Crippen LogP contribution in [0.2, 0.25) is 0 Å². The van der Waals surface area contributed by atoms with Gasteiger partial charge in [0.05, 0.1) is 12.8 Å². The lowest BCUT2D eigenvalue weighted by molar-refractivity contribution is 0.0605. The first-order chi connectivity index (χ1) is 9.51. The average molecular weight is 298 g/mol. The van der Waals surface area contributed by atoms with Crippen LogP contribution >= 0.6 is 11.3 Å². The van der Waals surface area contributed by atoms with Crippen molar-refractivity contribution in [1.82, 2.24) is 4.98 Å². The summed E-state index contributed by atoms with van der Waals surface area (Å²) in [7, 11) is 1.29. The molecule has 1 aromatic carbocycles. The molecule has 0 saturated carbocycles. The highest BCUT2D eigenvalue weighted by molar-refractivity contribution is 7.17. The number of aryl methyl sites for hydroxylation is 1. The number of benzene rings is 1. The Morgan fingerprint density at radius 1 is 1.45 bits per heavy atom. The molecule has 2 aromatic rings. The van der Waals surface area contributed by atoms with Crippen LogP contribution in [0.4, 0.5) is 13.9 Å². The fourth-order valence-corrected chi connectivity index (χ4v) is 2.47. The first-order valence-corrected chi connectivity index (χ1v) is 6.56. The molecule has 1 aromatic heterocycles. The second-order valence-electron chi connectivity index (χ2n) is 4.01. The Morgan fingerprint density at radius 2 is 2.20 bits per heavy atom. The molecule has 0 aliphatic rings. The van der Waals surface area contributed by atoms with Crippen molar-refractivity contribution >= 4 is 22.4 Å². The number of halogens is 2. The second-order valence-corrected chi connectivity index (χ2v) is 5.01. The zero-order chi connectivity index (χ0) is 14.7. The lowest BCUT2D eigenvalue weighted by Crippen LogP contribution is -2.01. The summed E-state index contributed by atoms with van der Waals surface area (Å²) in [5, 5.41) is 3.38. The minimum Gasteiger partial charge on any atom is -0.465 e. The third-order valence-electron chi connectivity index (χ3n) is 2.61. The van der Waals surface area contributed by atoms with Crippen molar-refractivity contribution in [2.24, 2.45) is 0 Å². The molecule has 20 heavy (non-hydrogen) atoms. The van der Waals surface area contributed by atoms with E-state index in [-0.39, 0.29) is 6.54 Å². The van der Waals surface area contributed by atoms with E-state index < -0.39 is 17.6 Å². The molecule has 0 fully saturated rings. The first-order valence-electron chi connectivity index (χ1n) is 5.75. The molecule has 1 heterocycles. The molecule has 0 aliphatic carbocycles. The average Bonchev–Trinajstić information content (AvgIpc) is 2.78. The Morgan fingerprint density at radius 3 is 2.85 bits per heavy atom. The minimum absolute atomic E-state index is 0.152. The Balaban J connectivity index is 2.09. The minimum atomic E-state index is -0.626. The van der Waals surface area contributed by atoms with Crippen molar-refractivity contribution in [1.29, 1.82) is 0 Å². The van der Waals surface area contributed by atoms with Gasteiger partial charge in [-0.15, -0.1) is 0 Å². The van der Waals surface area contributed by atoms with Gasteiger partial charge in [-0.1, -0.05) is 17.4 Å². The predicted octanol–water partition coefficient (Wildman–Crippen LogP) is 3.13. The van der Waals surface area contributed by atoms with Gasteiger partial charge in [-0.2, -0.15) is 0 Å². The molecule has 1 N–H and O–H groups in total. The van der Waals surface area contributed by atoms with Crippen LogP contribution in [0.3, 0.4) is 0 Å². The van der Waals surface area contributed by atoms with E-state index in [2.05, 4.69) is 15.0 Å². The number of esters is 1. The summed E-state index contributed by atoms with van der Waals surface area (Å²) in [5.74, 6) is -1.70. The normalized spacial score (nSPS) is 10.4. The summed E-state index contributed by atoms with van der Waals surface area (Å²) in [4.78, 5) is 16.0. The van der Waals surface area contributed by atoms with Crippen LogP contribution in [0.15, 0.2) is 18.2 Å². The van der Waals surface area contributed by atoms with Crippen molar-refractivity contribution in [2.45, 2.75) is 13.5 Å². The van der Waals surface area contributed by atoms with Crippen LogP contribution in [0.5, 0.6) is 0 Å². The van der Waals surface area contributed by atoms with Crippen molar-refractivity contribution in [3.8, 4) is 0 Å². The molecule has 0 unspecified atom stereocenters. The summed E-state index contributed by atoms with van der Waals surface area (Å²) in [6.07, 6.45) is 0. The number of ether oxygens (including phenoxy) is 1. The van der Waals surface area contributed by atoms with Crippen LogP contribution in [-0.2, 0) is 11.3 Å². The summed E-state index contributed by atoms with van der Waals surface area (Å²) in [6.45, 7) is 1.84. The number of carbonyl (C=O) groups excluding carboxylic acids is 1. The molecule has 0 radical (unpaired) electrons. The van der Waals surface area contributed by atoms with Crippen molar-refractivity contribution < 1.29 is 18.3 Å². The highest BCUT2D eigenvalue weighted by Gasteiger charge is 2.15. The Kier molecular flexibility index (Phi) is 4.29. The van der Waals surface area contributed by atoms with Gasteiger partial charge in [0.2, 0.25) is 0 Å². The number of anilines is 1. The fourth-order valence-electron chi connectivity index (χ4n) is 1.59. The van der Waals surface area contributed by atoms with Gasteiger partial charge in [0, 0.05) is 18.2 Å². The second kappa shape index (κ2) is 5.96. The molecule has 0 amide bonds. The quantitative estimate of drug-likeness (QED) is 0.881. The number of carbonyl (C=O) groups is 1. The molecule has 106 valence electrons. The number of aromatic nitrogens is 1. The maximum absolute atomic E-state index is 13.4. The zero-order valence-corrected chi connectivity index (χ0v) is 11.7. The lowest BCUT2D eigenvalue weighted by Gasteiger charge is -2.04. The van der Waals surface area contributed by atoms with Gasteiger partial charge >= 0.3 is 5.97 Å².